The Balaban J connectivity index is 1.83. The van der Waals surface area contributed by atoms with Crippen molar-refractivity contribution in [2.75, 3.05) is 14.2 Å². The van der Waals surface area contributed by atoms with Gasteiger partial charge in [0.1, 0.15) is 11.5 Å². The summed E-state index contributed by atoms with van der Waals surface area (Å²) in [6.07, 6.45) is 0. The number of nitrogens with zero attached hydrogens (tertiary/aromatic N) is 2. The summed E-state index contributed by atoms with van der Waals surface area (Å²) in [7, 11) is 2.74. The molecule has 0 aliphatic carbocycles. The van der Waals surface area contributed by atoms with Crippen molar-refractivity contribution in [1.82, 2.24) is 4.90 Å². The predicted octanol–water partition coefficient (Wildman–Crippen LogP) is 4.01. The summed E-state index contributed by atoms with van der Waals surface area (Å²) in [5.41, 5.74) is 0.993. The van der Waals surface area contributed by atoms with E-state index in [9.17, 15) is 29.6 Å². The molecular weight excluding hydrogens is 480 g/mol. The zero-order valence-corrected chi connectivity index (χ0v) is 19.9. The molecule has 0 radical (unpaired) electrons. The van der Waals surface area contributed by atoms with Crippen molar-refractivity contribution in [2.45, 2.75) is 12.6 Å². The van der Waals surface area contributed by atoms with Gasteiger partial charge in [0.2, 0.25) is 0 Å². The largest absolute Gasteiger partial charge is 0.507 e. The minimum absolute atomic E-state index is 0.0143. The lowest BCUT2D eigenvalue weighted by Crippen LogP contribution is -2.29. The van der Waals surface area contributed by atoms with Crippen LogP contribution in [0.1, 0.15) is 33.1 Å². The number of non-ortho nitro benzene ring substituents is 1. The number of methoxy groups -OCH3 is 2. The molecule has 4 rings (SSSR count). The molecule has 1 atom stereocenters. The van der Waals surface area contributed by atoms with E-state index in [0.29, 0.717) is 22.4 Å². The minimum Gasteiger partial charge on any atom is -0.507 e. The molecule has 1 amide bonds. The van der Waals surface area contributed by atoms with Crippen LogP contribution in [0.2, 0.25) is 0 Å². The number of ketones is 1. The topological polar surface area (TPSA) is 136 Å². The summed E-state index contributed by atoms with van der Waals surface area (Å²) >= 11 is 0. The lowest BCUT2D eigenvalue weighted by molar-refractivity contribution is -0.384. The molecule has 188 valence electrons. The third-order valence-electron chi connectivity index (χ3n) is 6.01. The first kappa shape index (κ1) is 25.1. The molecule has 0 saturated carbocycles. The van der Waals surface area contributed by atoms with Gasteiger partial charge in [-0.05, 0) is 35.4 Å². The minimum atomic E-state index is -1.00. The van der Waals surface area contributed by atoms with Crippen LogP contribution in [-0.2, 0) is 20.9 Å². The molecule has 1 unspecified atom stereocenters. The number of nitro benzene ring substituents is 1. The monoisotopic (exact) mass is 502 g/mol. The Morgan fingerprint density at radius 3 is 2.35 bits per heavy atom. The molecule has 37 heavy (non-hydrogen) atoms. The number of esters is 1. The molecule has 0 bridgehead atoms. The third-order valence-corrected chi connectivity index (χ3v) is 6.01. The second-order valence-corrected chi connectivity index (χ2v) is 8.20. The molecule has 1 heterocycles. The van der Waals surface area contributed by atoms with Crippen LogP contribution >= 0.6 is 0 Å². The van der Waals surface area contributed by atoms with E-state index in [0.717, 1.165) is 6.07 Å². The van der Waals surface area contributed by atoms with Gasteiger partial charge in [-0.25, -0.2) is 4.79 Å². The van der Waals surface area contributed by atoms with Crippen molar-refractivity contribution in [2.24, 2.45) is 0 Å². The number of Topliss-reactive ketones (excluding diaryl/α,β-unsaturated/α-hetero) is 1. The van der Waals surface area contributed by atoms with Crippen LogP contribution in [0.5, 0.6) is 5.75 Å². The van der Waals surface area contributed by atoms with Crippen LogP contribution in [-0.4, -0.2) is 46.8 Å². The van der Waals surface area contributed by atoms with E-state index in [1.807, 2.05) is 0 Å². The van der Waals surface area contributed by atoms with Gasteiger partial charge in [0.15, 0.2) is 0 Å². The number of hydrogen-bond donors (Lipinski definition) is 1. The van der Waals surface area contributed by atoms with Crippen molar-refractivity contribution in [1.29, 1.82) is 0 Å². The van der Waals surface area contributed by atoms with E-state index in [4.69, 9.17) is 9.47 Å². The predicted molar refractivity (Wildman–Crippen MR) is 132 cm³/mol. The van der Waals surface area contributed by atoms with E-state index in [2.05, 4.69) is 0 Å². The zero-order valence-electron chi connectivity index (χ0n) is 19.9. The number of carbonyl (C=O) groups is 3. The number of ether oxygens (including phenoxy) is 2. The van der Waals surface area contributed by atoms with Gasteiger partial charge in [-0.2, -0.15) is 0 Å². The van der Waals surface area contributed by atoms with Gasteiger partial charge in [0.25, 0.3) is 17.4 Å². The molecule has 1 N–H and O–H groups in total. The normalized spacial score (nSPS) is 16.5. The van der Waals surface area contributed by atoms with Gasteiger partial charge in [-0.3, -0.25) is 19.7 Å². The van der Waals surface area contributed by atoms with E-state index in [1.165, 1.54) is 37.3 Å². The first-order valence-corrected chi connectivity index (χ1v) is 11.1. The molecule has 1 aliphatic heterocycles. The van der Waals surface area contributed by atoms with Crippen LogP contribution in [0.15, 0.2) is 78.4 Å². The summed E-state index contributed by atoms with van der Waals surface area (Å²) in [4.78, 5) is 50.1. The van der Waals surface area contributed by atoms with Crippen LogP contribution < -0.4 is 4.74 Å². The summed E-state index contributed by atoms with van der Waals surface area (Å²) in [5.74, 6) is -2.35. The first-order valence-electron chi connectivity index (χ1n) is 11.1. The second-order valence-electron chi connectivity index (χ2n) is 8.20. The highest BCUT2D eigenvalue weighted by Crippen LogP contribution is 2.41. The number of aliphatic hydroxyl groups is 1. The Hall–Kier alpha value is -4.99. The first-order chi connectivity index (χ1) is 17.7. The Bertz CT molecular complexity index is 1430. The summed E-state index contributed by atoms with van der Waals surface area (Å²) in [6.45, 7) is -0.0143. The van der Waals surface area contributed by atoms with Gasteiger partial charge in [0.05, 0.1) is 36.3 Å². The van der Waals surface area contributed by atoms with E-state index < -0.39 is 34.4 Å². The number of nitro groups is 1. The Morgan fingerprint density at radius 2 is 1.70 bits per heavy atom. The number of aliphatic hydroxyl groups excluding tert-OH is 1. The van der Waals surface area contributed by atoms with Crippen LogP contribution in [0, 0.1) is 10.1 Å². The van der Waals surface area contributed by atoms with E-state index in [1.54, 1.807) is 48.5 Å². The van der Waals surface area contributed by atoms with Gasteiger partial charge in [0, 0.05) is 24.2 Å². The quantitative estimate of drug-likeness (QED) is 0.128. The van der Waals surface area contributed by atoms with E-state index in [-0.39, 0.29) is 23.4 Å². The molecule has 1 aliphatic rings. The highest BCUT2D eigenvalue weighted by atomic mass is 16.6. The van der Waals surface area contributed by atoms with Crippen molar-refractivity contribution < 1.29 is 33.9 Å². The second kappa shape index (κ2) is 10.3. The maximum absolute atomic E-state index is 13.2. The van der Waals surface area contributed by atoms with Crippen LogP contribution in [0.4, 0.5) is 5.69 Å². The molecule has 3 aromatic carbocycles. The third kappa shape index (κ3) is 4.90. The summed E-state index contributed by atoms with van der Waals surface area (Å²) in [6, 6.07) is 17.3. The Morgan fingerprint density at radius 1 is 1.00 bits per heavy atom. The standard InChI is InChI=1S/C27H22N2O8/c1-36-21-8-4-5-18(14-21)23-22(24(30)19-6-3-7-20(13-19)29(34)35)25(31)26(32)28(23)15-16-9-11-17(12-10-16)27(33)37-2/h3-14,23,30H,15H2,1-2H3/b24-22-. The van der Waals surface area contributed by atoms with Gasteiger partial charge in [-0.1, -0.05) is 36.4 Å². The molecule has 0 spiro atoms. The highest BCUT2D eigenvalue weighted by Gasteiger charge is 2.46. The van der Waals surface area contributed by atoms with Crippen molar-refractivity contribution >= 4 is 29.1 Å². The number of amides is 1. The van der Waals surface area contributed by atoms with Gasteiger partial charge >= 0.3 is 5.97 Å². The SMILES string of the molecule is COC(=O)c1ccc(CN2C(=O)C(=O)/C(=C(\O)c3cccc([N+](=O)[O-])c3)C2c2cccc(OC)c2)cc1. The molecule has 1 saturated heterocycles. The molecule has 3 aromatic rings. The number of carbonyl (C=O) groups excluding carboxylic acids is 3. The van der Waals surface area contributed by atoms with E-state index >= 15 is 0 Å². The van der Waals surface area contributed by atoms with Gasteiger partial charge < -0.3 is 19.5 Å². The van der Waals surface area contributed by atoms with Crippen LogP contribution in [0.3, 0.4) is 0 Å². The Kier molecular flexibility index (Phi) is 7.01. The van der Waals surface area contributed by atoms with Crippen molar-refractivity contribution in [3.63, 3.8) is 0 Å². The number of likely N-dealkylation sites (tertiary alicyclic amines) is 1. The fourth-order valence-electron chi connectivity index (χ4n) is 4.18. The molecular formula is C27H22N2O8. The number of benzene rings is 3. The average Bonchev–Trinajstić information content (AvgIpc) is 3.17. The molecule has 1 fully saturated rings. The maximum atomic E-state index is 13.2. The highest BCUT2D eigenvalue weighted by molar-refractivity contribution is 6.46. The summed E-state index contributed by atoms with van der Waals surface area (Å²) < 4.78 is 10.0. The van der Waals surface area contributed by atoms with Crippen molar-refractivity contribution in [3.8, 4) is 5.75 Å². The number of rotatable bonds is 7. The Labute approximate surface area is 211 Å². The van der Waals surface area contributed by atoms with Crippen LogP contribution in [0.25, 0.3) is 5.76 Å². The maximum Gasteiger partial charge on any atom is 0.337 e. The fraction of sp³-hybridized carbons (Fsp3) is 0.148. The van der Waals surface area contributed by atoms with Gasteiger partial charge in [-0.15, -0.1) is 0 Å². The smallest absolute Gasteiger partial charge is 0.337 e. The van der Waals surface area contributed by atoms with Crippen molar-refractivity contribution in [3.05, 3.63) is 111 Å². The summed E-state index contributed by atoms with van der Waals surface area (Å²) in [5, 5.41) is 22.4. The lowest BCUT2D eigenvalue weighted by Gasteiger charge is -2.26. The molecule has 0 aromatic heterocycles. The zero-order chi connectivity index (χ0) is 26.7. The molecule has 10 nitrogen and oxygen atoms in total. The molecule has 10 heteroatoms. The lowest BCUT2D eigenvalue weighted by atomic mass is 9.95. The number of hydrogen-bond acceptors (Lipinski definition) is 8. The average molecular weight is 502 g/mol. The fourth-order valence-corrected chi connectivity index (χ4v) is 4.18.